The molecule has 2 aromatic rings. The molecule has 1 amide bonds. The number of carbonyl (C=O) groups excluding carboxylic acids is 1. The Morgan fingerprint density at radius 2 is 1.97 bits per heavy atom. The highest BCUT2D eigenvalue weighted by atomic mass is 19.4. The summed E-state index contributed by atoms with van der Waals surface area (Å²) in [5.41, 5.74) is 2.72. The molecule has 0 radical (unpaired) electrons. The van der Waals surface area contributed by atoms with Crippen LogP contribution in [0.1, 0.15) is 43.4 Å². The van der Waals surface area contributed by atoms with Gasteiger partial charge in [-0.05, 0) is 56.5 Å². The van der Waals surface area contributed by atoms with Gasteiger partial charge in [0.15, 0.2) is 5.79 Å². The van der Waals surface area contributed by atoms with Gasteiger partial charge in [-0.2, -0.15) is 13.2 Å². The fourth-order valence-corrected chi connectivity index (χ4v) is 4.53. The molecule has 0 fully saturated rings. The number of hydrogen-bond acceptors (Lipinski definition) is 5. The Kier molecular flexibility index (Phi) is 7.37. The van der Waals surface area contributed by atoms with E-state index in [0.29, 0.717) is 55.8 Å². The van der Waals surface area contributed by atoms with Crippen molar-refractivity contribution in [3.05, 3.63) is 59.2 Å². The van der Waals surface area contributed by atoms with E-state index in [2.05, 4.69) is 10.6 Å². The average molecular weight is 491 g/mol. The maximum Gasteiger partial charge on any atom is 0.416 e. The lowest BCUT2D eigenvalue weighted by molar-refractivity contribution is -0.224. The molecule has 2 aliphatic heterocycles. The minimum Gasteiger partial charge on any atom is -0.493 e. The van der Waals surface area contributed by atoms with E-state index in [1.165, 1.54) is 12.1 Å². The van der Waals surface area contributed by atoms with E-state index in [4.69, 9.17) is 14.2 Å². The smallest absolute Gasteiger partial charge is 0.416 e. The Morgan fingerprint density at radius 1 is 1.20 bits per heavy atom. The standard InChI is InChI=1S/C26H29F3N2O4/c1-3-34-25(35-4-2)15-20-21(30-16-25)8-5-9-22(20)31-24(32)13-17-7-6-12-33-23-14-18(26(27,28)29)10-11-19(17)23/h5,8-11,13-14,30H,3-4,6-7,12,15-16H2,1-2H3,(H,31,32)/b17-13+. The van der Waals surface area contributed by atoms with Crippen molar-refractivity contribution in [1.82, 2.24) is 0 Å². The fraction of sp³-hybridized carbons (Fsp3) is 0.423. The molecule has 9 heteroatoms. The molecular formula is C26H29F3N2O4. The third-order valence-electron chi connectivity index (χ3n) is 6.05. The van der Waals surface area contributed by atoms with Crippen LogP contribution in [0.2, 0.25) is 0 Å². The van der Waals surface area contributed by atoms with Crippen LogP contribution in [0.5, 0.6) is 5.75 Å². The average Bonchev–Trinajstić information content (AvgIpc) is 3.01. The second-order valence-corrected chi connectivity index (χ2v) is 8.46. The summed E-state index contributed by atoms with van der Waals surface area (Å²) in [5.74, 6) is -1.06. The first-order chi connectivity index (χ1) is 16.7. The zero-order chi connectivity index (χ0) is 25.1. The summed E-state index contributed by atoms with van der Waals surface area (Å²) in [4.78, 5) is 13.0. The number of hydrogen-bond donors (Lipinski definition) is 2. The second kappa shape index (κ2) is 10.3. The van der Waals surface area contributed by atoms with E-state index in [9.17, 15) is 18.0 Å². The lowest BCUT2D eigenvalue weighted by Crippen LogP contribution is -2.48. The van der Waals surface area contributed by atoms with Crippen molar-refractivity contribution >= 4 is 22.9 Å². The van der Waals surface area contributed by atoms with Crippen molar-refractivity contribution in [1.29, 1.82) is 0 Å². The third kappa shape index (κ3) is 5.62. The third-order valence-corrected chi connectivity index (χ3v) is 6.05. The van der Waals surface area contributed by atoms with Crippen LogP contribution in [0.4, 0.5) is 24.5 Å². The van der Waals surface area contributed by atoms with Gasteiger partial charge in [0.2, 0.25) is 5.91 Å². The van der Waals surface area contributed by atoms with Gasteiger partial charge in [-0.25, -0.2) is 0 Å². The van der Waals surface area contributed by atoms with Crippen LogP contribution in [-0.4, -0.2) is 38.1 Å². The molecule has 2 aromatic carbocycles. The highest BCUT2D eigenvalue weighted by molar-refractivity contribution is 6.05. The quantitative estimate of drug-likeness (QED) is 0.405. The van der Waals surface area contributed by atoms with Crippen LogP contribution in [-0.2, 0) is 26.9 Å². The van der Waals surface area contributed by atoms with Crippen LogP contribution >= 0.6 is 0 Å². The van der Waals surface area contributed by atoms with E-state index in [0.717, 1.165) is 23.4 Å². The molecule has 0 unspecified atom stereocenters. The number of amides is 1. The van der Waals surface area contributed by atoms with Gasteiger partial charge in [0.05, 0.1) is 18.7 Å². The molecule has 0 spiro atoms. The summed E-state index contributed by atoms with van der Waals surface area (Å²) in [7, 11) is 0. The number of fused-ring (bicyclic) bond motifs is 2. The number of alkyl halides is 3. The summed E-state index contributed by atoms with van der Waals surface area (Å²) in [5, 5.41) is 6.27. The normalized spacial score (nSPS) is 18.0. The molecule has 0 aliphatic carbocycles. The van der Waals surface area contributed by atoms with Crippen molar-refractivity contribution in [3.8, 4) is 5.75 Å². The van der Waals surface area contributed by atoms with E-state index >= 15 is 0 Å². The maximum absolute atomic E-state index is 13.1. The van der Waals surface area contributed by atoms with Crippen molar-refractivity contribution in [3.63, 3.8) is 0 Å². The largest absolute Gasteiger partial charge is 0.493 e. The van der Waals surface area contributed by atoms with E-state index in [-0.39, 0.29) is 18.3 Å². The van der Waals surface area contributed by atoms with Crippen LogP contribution in [0, 0.1) is 0 Å². The van der Waals surface area contributed by atoms with Crippen LogP contribution in [0.3, 0.4) is 0 Å². The Hall–Kier alpha value is -3.04. The van der Waals surface area contributed by atoms with Crippen LogP contribution in [0.25, 0.3) is 5.57 Å². The number of nitrogens with one attached hydrogen (secondary N) is 2. The van der Waals surface area contributed by atoms with Crippen LogP contribution in [0.15, 0.2) is 42.5 Å². The lowest BCUT2D eigenvalue weighted by Gasteiger charge is -2.38. The highest BCUT2D eigenvalue weighted by Gasteiger charge is 2.37. The van der Waals surface area contributed by atoms with Gasteiger partial charge < -0.3 is 24.8 Å². The van der Waals surface area contributed by atoms with E-state index < -0.39 is 17.5 Å². The Balaban J connectivity index is 1.60. The minimum absolute atomic E-state index is 0.135. The van der Waals surface area contributed by atoms with Gasteiger partial charge in [-0.1, -0.05) is 12.1 Å². The van der Waals surface area contributed by atoms with E-state index in [1.54, 1.807) is 0 Å². The maximum atomic E-state index is 13.1. The molecule has 188 valence electrons. The molecule has 0 bridgehead atoms. The summed E-state index contributed by atoms with van der Waals surface area (Å²) in [6, 6.07) is 8.96. The summed E-state index contributed by atoms with van der Waals surface area (Å²) in [6.07, 6.45) is -1.47. The van der Waals surface area contributed by atoms with Gasteiger partial charge in [-0.3, -0.25) is 4.79 Å². The molecule has 0 saturated heterocycles. The van der Waals surface area contributed by atoms with Gasteiger partial charge in [0.1, 0.15) is 5.75 Å². The number of allylic oxidation sites excluding steroid dienone is 1. The molecular weight excluding hydrogens is 461 g/mol. The Labute approximate surface area is 202 Å². The molecule has 2 N–H and O–H groups in total. The predicted molar refractivity (Wildman–Crippen MR) is 127 cm³/mol. The molecule has 0 aromatic heterocycles. The van der Waals surface area contributed by atoms with Crippen molar-refractivity contribution < 1.29 is 32.2 Å². The summed E-state index contributed by atoms with van der Waals surface area (Å²) >= 11 is 0. The topological polar surface area (TPSA) is 68.8 Å². The van der Waals surface area contributed by atoms with Gasteiger partial charge >= 0.3 is 6.18 Å². The number of ether oxygens (including phenoxy) is 3. The van der Waals surface area contributed by atoms with Gasteiger partial charge in [-0.15, -0.1) is 0 Å². The number of anilines is 2. The van der Waals surface area contributed by atoms with E-state index in [1.807, 2.05) is 32.0 Å². The minimum atomic E-state index is -4.47. The fourth-order valence-electron chi connectivity index (χ4n) is 4.53. The molecule has 0 saturated carbocycles. The summed E-state index contributed by atoms with van der Waals surface area (Å²) in [6.45, 7) is 5.54. The molecule has 2 heterocycles. The molecule has 35 heavy (non-hydrogen) atoms. The van der Waals surface area contributed by atoms with Gasteiger partial charge in [0.25, 0.3) is 0 Å². The Morgan fingerprint density at radius 3 is 2.69 bits per heavy atom. The number of halogens is 3. The van der Waals surface area contributed by atoms with Crippen molar-refractivity contribution in [2.75, 3.05) is 37.0 Å². The van der Waals surface area contributed by atoms with Crippen molar-refractivity contribution in [2.45, 2.75) is 45.1 Å². The monoisotopic (exact) mass is 490 g/mol. The first-order valence-corrected chi connectivity index (χ1v) is 11.7. The molecule has 2 aliphatic rings. The number of rotatable bonds is 6. The second-order valence-electron chi connectivity index (χ2n) is 8.46. The number of benzene rings is 2. The SMILES string of the molecule is CCOC1(OCC)CNc2cccc(NC(=O)/C=C3\CCCOc4cc(C(F)(F)F)ccc43)c2C1. The Bertz CT molecular complexity index is 1110. The lowest BCUT2D eigenvalue weighted by atomic mass is 9.96. The van der Waals surface area contributed by atoms with Crippen LogP contribution < -0.4 is 15.4 Å². The summed E-state index contributed by atoms with van der Waals surface area (Å²) < 4.78 is 56.8. The zero-order valence-electron chi connectivity index (χ0n) is 19.8. The zero-order valence-corrected chi connectivity index (χ0v) is 19.8. The molecule has 0 atom stereocenters. The predicted octanol–water partition coefficient (Wildman–Crippen LogP) is 5.64. The first-order valence-electron chi connectivity index (χ1n) is 11.7. The molecule has 4 rings (SSSR count). The first kappa shape index (κ1) is 25.1. The number of carbonyl (C=O) groups is 1. The van der Waals surface area contributed by atoms with Crippen molar-refractivity contribution in [2.24, 2.45) is 0 Å². The molecule has 6 nitrogen and oxygen atoms in total. The highest BCUT2D eigenvalue weighted by Crippen LogP contribution is 2.39. The van der Waals surface area contributed by atoms with Gasteiger partial charge in [0, 0.05) is 48.2 Å².